The maximum atomic E-state index is 11.9. The smallest absolute Gasteiger partial charge is 0.335 e. The monoisotopic (exact) mass is 320 g/mol. The van der Waals surface area contributed by atoms with Crippen LogP contribution in [-0.4, -0.2) is 21.0 Å². The van der Waals surface area contributed by atoms with Gasteiger partial charge in [0.25, 0.3) is 5.56 Å². The molecule has 1 aromatic heterocycles. The Labute approximate surface area is 129 Å². The van der Waals surface area contributed by atoms with Crippen molar-refractivity contribution >= 4 is 29.5 Å². The molecule has 0 radical (unpaired) electrons. The van der Waals surface area contributed by atoms with Crippen LogP contribution >= 0.6 is 23.5 Å². The summed E-state index contributed by atoms with van der Waals surface area (Å²) in [5, 5.41) is 9.46. The Morgan fingerprint density at radius 2 is 2.10 bits per heavy atom. The summed E-state index contributed by atoms with van der Waals surface area (Å²) >= 11 is 3.14. The number of aromatic amines is 1. The molecule has 2 heterocycles. The molecule has 1 aliphatic rings. The molecule has 7 heteroatoms. The van der Waals surface area contributed by atoms with Crippen LogP contribution in [0.2, 0.25) is 0 Å². The Bertz CT molecular complexity index is 741. The van der Waals surface area contributed by atoms with Crippen molar-refractivity contribution in [1.29, 1.82) is 0 Å². The largest absolute Gasteiger partial charge is 0.478 e. The predicted molar refractivity (Wildman–Crippen MR) is 82.8 cm³/mol. The zero-order valence-corrected chi connectivity index (χ0v) is 12.6. The van der Waals surface area contributed by atoms with E-state index in [1.165, 1.54) is 11.8 Å². The molecule has 1 aromatic carbocycles. The van der Waals surface area contributed by atoms with Crippen molar-refractivity contribution < 1.29 is 9.90 Å². The van der Waals surface area contributed by atoms with Gasteiger partial charge in [0.2, 0.25) is 0 Å². The van der Waals surface area contributed by atoms with Gasteiger partial charge < -0.3 is 10.1 Å². The number of thioether (sulfide) groups is 2. The minimum absolute atomic E-state index is 0.0475. The van der Waals surface area contributed by atoms with Crippen LogP contribution in [0.5, 0.6) is 0 Å². The van der Waals surface area contributed by atoms with E-state index in [4.69, 9.17) is 5.11 Å². The van der Waals surface area contributed by atoms with Gasteiger partial charge in [-0.05, 0) is 17.7 Å². The van der Waals surface area contributed by atoms with Crippen LogP contribution in [0.4, 0.5) is 0 Å². The number of aromatic nitrogens is 2. The van der Waals surface area contributed by atoms with Crippen molar-refractivity contribution in [2.45, 2.75) is 22.4 Å². The Hall–Kier alpha value is -1.73. The highest BCUT2D eigenvalue weighted by molar-refractivity contribution is 7.98. The van der Waals surface area contributed by atoms with E-state index in [1.807, 2.05) is 0 Å². The van der Waals surface area contributed by atoms with E-state index in [2.05, 4.69) is 9.97 Å². The Morgan fingerprint density at radius 3 is 2.81 bits per heavy atom. The van der Waals surface area contributed by atoms with Gasteiger partial charge in [-0.25, -0.2) is 9.78 Å². The van der Waals surface area contributed by atoms with Gasteiger partial charge in [-0.3, -0.25) is 4.79 Å². The first-order valence-corrected chi connectivity index (χ1v) is 8.42. The molecule has 2 N–H and O–H groups in total. The summed E-state index contributed by atoms with van der Waals surface area (Å²) in [5.74, 6) is 1.23. The molecule has 0 bridgehead atoms. The second-order valence-electron chi connectivity index (χ2n) is 4.58. The first-order chi connectivity index (χ1) is 10.1. The second kappa shape index (κ2) is 5.95. The van der Waals surface area contributed by atoms with Crippen molar-refractivity contribution in [3.05, 3.63) is 57.0 Å². The van der Waals surface area contributed by atoms with Gasteiger partial charge in [-0.1, -0.05) is 23.9 Å². The molecule has 2 aromatic rings. The molecule has 0 aliphatic carbocycles. The highest BCUT2D eigenvalue weighted by Crippen LogP contribution is 2.27. The van der Waals surface area contributed by atoms with E-state index in [-0.39, 0.29) is 11.1 Å². The molecular weight excluding hydrogens is 308 g/mol. The maximum Gasteiger partial charge on any atom is 0.335 e. The molecule has 21 heavy (non-hydrogen) atoms. The average Bonchev–Trinajstić information content (AvgIpc) is 2.94. The molecule has 0 fully saturated rings. The van der Waals surface area contributed by atoms with Gasteiger partial charge in [0.05, 0.1) is 11.3 Å². The molecule has 0 saturated heterocycles. The summed E-state index contributed by atoms with van der Waals surface area (Å²) in [6.45, 7) is 0. The number of hydrogen-bond acceptors (Lipinski definition) is 5. The van der Waals surface area contributed by atoms with E-state index in [1.54, 1.807) is 36.0 Å². The van der Waals surface area contributed by atoms with Crippen molar-refractivity contribution in [3.8, 4) is 0 Å². The normalized spacial score (nSPS) is 13.1. The third-order valence-electron chi connectivity index (χ3n) is 3.14. The van der Waals surface area contributed by atoms with Crippen molar-refractivity contribution in [1.82, 2.24) is 9.97 Å². The molecule has 0 saturated carbocycles. The molecule has 0 spiro atoms. The number of H-pyrrole nitrogens is 1. The van der Waals surface area contributed by atoms with E-state index >= 15 is 0 Å². The van der Waals surface area contributed by atoms with Crippen LogP contribution in [0.1, 0.15) is 27.2 Å². The number of nitrogens with one attached hydrogen (secondary N) is 1. The van der Waals surface area contributed by atoms with E-state index in [0.717, 1.165) is 28.3 Å². The lowest BCUT2D eigenvalue weighted by atomic mass is 10.1. The first kappa shape index (κ1) is 14.2. The van der Waals surface area contributed by atoms with E-state index in [9.17, 15) is 9.59 Å². The van der Waals surface area contributed by atoms with Gasteiger partial charge in [-0.2, -0.15) is 11.8 Å². The van der Waals surface area contributed by atoms with Crippen molar-refractivity contribution in [3.63, 3.8) is 0 Å². The Kier molecular flexibility index (Phi) is 4.03. The summed E-state index contributed by atoms with van der Waals surface area (Å²) in [4.78, 5) is 29.9. The van der Waals surface area contributed by atoms with Gasteiger partial charge in [0, 0.05) is 22.8 Å². The van der Waals surface area contributed by atoms with Gasteiger partial charge in [0.1, 0.15) is 0 Å². The SMILES string of the molecule is O=C(O)c1ccc(CSc2nc3c(c(=O)[nH]2)CSC3)cc1. The number of nitrogens with zero attached hydrogens (tertiary/aromatic N) is 1. The molecule has 1 aliphatic heterocycles. The van der Waals surface area contributed by atoms with Crippen LogP contribution in [0.3, 0.4) is 0 Å². The average molecular weight is 320 g/mol. The maximum absolute atomic E-state index is 11.9. The number of hydrogen-bond donors (Lipinski definition) is 2. The molecule has 0 atom stereocenters. The molecule has 3 rings (SSSR count). The van der Waals surface area contributed by atoms with Gasteiger partial charge >= 0.3 is 5.97 Å². The molecule has 0 amide bonds. The summed E-state index contributed by atoms with van der Waals surface area (Å²) in [6.07, 6.45) is 0. The fourth-order valence-corrected chi connectivity index (χ4v) is 3.87. The summed E-state index contributed by atoms with van der Waals surface area (Å²) in [7, 11) is 0. The lowest BCUT2D eigenvalue weighted by molar-refractivity contribution is 0.0697. The van der Waals surface area contributed by atoms with Crippen LogP contribution in [0, 0.1) is 0 Å². The zero-order chi connectivity index (χ0) is 14.8. The summed E-state index contributed by atoms with van der Waals surface area (Å²) in [6, 6.07) is 6.71. The Balaban J connectivity index is 1.72. The quantitative estimate of drug-likeness (QED) is 0.665. The van der Waals surface area contributed by atoms with Gasteiger partial charge in [-0.15, -0.1) is 0 Å². The van der Waals surface area contributed by atoms with E-state index < -0.39 is 5.97 Å². The van der Waals surface area contributed by atoms with Crippen LogP contribution < -0.4 is 5.56 Å². The fourth-order valence-electron chi connectivity index (χ4n) is 2.00. The van der Waals surface area contributed by atoms with Gasteiger partial charge in [0.15, 0.2) is 5.16 Å². The Morgan fingerprint density at radius 1 is 1.33 bits per heavy atom. The number of benzene rings is 1. The third kappa shape index (κ3) is 3.14. The zero-order valence-electron chi connectivity index (χ0n) is 11.0. The first-order valence-electron chi connectivity index (χ1n) is 6.28. The number of carbonyl (C=O) groups is 1. The second-order valence-corrected chi connectivity index (χ2v) is 6.53. The highest BCUT2D eigenvalue weighted by Gasteiger charge is 2.17. The minimum Gasteiger partial charge on any atom is -0.478 e. The number of aromatic carboxylic acids is 1. The molecule has 5 nitrogen and oxygen atoms in total. The fraction of sp³-hybridized carbons (Fsp3) is 0.214. The summed E-state index contributed by atoms with van der Waals surface area (Å²) < 4.78 is 0. The third-order valence-corrected chi connectivity index (χ3v) is 5.06. The number of rotatable bonds is 4. The van der Waals surface area contributed by atoms with Crippen molar-refractivity contribution in [2.75, 3.05) is 0 Å². The summed E-state index contributed by atoms with van der Waals surface area (Å²) in [5.41, 5.74) is 2.88. The molecule has 0 unspecified atom stereocenters. The minimum atomic E-state index is -0.934. The lowest BCUT2D eigenvalue weighted by Crippen LogP contribution is -2.14. The highest BCUT2D eigenvalue weighted by atomic mass is 32.2. The van der Waals surface area contributed by atoms with E-state index in [0.29, 0.717) is 10.9 Å². The number of fused-ring (bicyclic) bond motifs is 1. The lowest BCUT2D eigenvalue weighted by Gasteiger charge is -2.04. The van der Waals surface area contributed by atoms with Crippen LogP contribution in [0.25, 0.3) is 0 Å². The predicted octanol–water partition coefficient (Wildman–Crippen LogP) is 2.51. The molecular formula is C14H12N2O3S2. The molecule has 108 valence electrons. The topological polar surface area (TPSA) is 83.0 Å². The van der Waals surface area contributed by atoms with Crippen LogP contribution in [-0.2, 0) is 17.3 Å². The van der Waals surface area contributed by atoms with Crippen molar-refractivity contribution in [2.24, 2.45) is 0 Å². The standard InChI is InChI=1S/C14H12N2O3S2/c17-12-10-6-20-7-11(10)15-14(16-12)21-5-8-1-3-9(4-2-8)13(18)19/h1-4H,5-7H2,(H,18,19)(H,15,16,17). The number of carboxylic acids is 1. The van der Waals surface area contributed by atoms with Crippen LogP contribution in [0.15, 0.2) is 34.2 Å². The number of carboxylic acid groups (broad SMARTS) is 1.